The Bertz CT molecular complexity index is 332. The lowest BCUT2D eigenvalue weighted by Gasteiger charge is -2.33. The van der Waals surface area contributed by atoms with Crippen molar-refractivity contribution >= 4 is 8.97 Å². The van der Waals surface area contributed by atoms with Crippen LogP contribution in [0.3, 0.4) is 0 Å². The summed E-state index contributed by atoms with van der Waals surface area (Å²) in [6.07, 6.45) is 25.7. The molecule has 0 fully saturated rings. The van der Waals surface area contributed by atoms with Crippen LogP contribution in [0.2, 0.25) is 0 Å². The first-order valence-corrected chi connectivity index (χ1v) is 14.1. The van der Waals surface area contributed by atoms with Gasteiger partial charge in [0.1, 0.15) is 0 Å². The maximum absolute atomic E-state index is 9.42. The van der Waals surface area contributed by atoms with Crippen LogP contribution in [-0.2, 0) is 0 Å². The average molecular weight is 419 g/mol. The molecule has 0 aliphatic heterocycles. The molecule has 170 valence electrons. The maximum Gasteiger partial charge on any atom is 0.775 e. The molecule has 28 heavy (non-hydrogen) atoms. The molecule has 0 radical (unpaired) electrons. The van der Waals surface area contributed by atoms with Crippen LogP contribution in [0.15, 0.2) is 0 Å². The minimum atomic E-state index is -4.06. The zero-order valence-electron chi connectivity index (χ0n) is 19.4. The van der Waals surface area contributed by atoms with Gasteiger partial charge in [-0.3, -0.25) is 0 Å². The van der Waals surface area contributed by atoms with Gasteiger partial charge in [-0.25, -0.2) is 0 Å². The molecule has 0 aromatic rings. The summed E-state index contributed by atoms with van der Waals surface area (Å²) >= 11 is 0. The Morgan fingerprint density at radius 1 is 0.464 bits per heavy atom. The number of unbranched alkanes of at least 4 members (excludes halogenated alkanes) is 18. The van der Waals surface area contributed by atoms with Gasteiger partial charge in [0, 0.05) is 0 Å². The number of hydrogen-bond donors (Lipinski definition) is 3. The highest BCUT2D eigenvalue weighted by atomic mass is 28.4. The van der Waals surface area contributed by atoms with Crippen molar-refractivity contribution < 1.29 is 18.5 Å². The van der Waals surface area contributed by atoms with Gasteiger partial charge < -0.3 is 18.5 Å². The van der Waals surface area contributed by atoms with Crippen LogP contribution in [0.25, 0.3) is 0 Å². The molecule has 0 rings (SSSR count). The highest BCUT2D eigenvalue weighted by Gasteiger charge is 2.51. The molecular formula is C23H52NO3Si+. The van der Waals surface area contributed by atoms with Crippen LogP contribution in [0.1, 0.15) is 129 Å². The second-order valence-corrected chi connectivity index (χ2v) is 11.8. The standard InChI is InChI=1S/C23H52NO3Si/c1-4-5-6-7-8-9-10-11-12-13-14-15-16-17-18-19-20-21-22-23-24(2,3)28(25,26)27/h25-27H,4-23H2,1-3H3/q+1. The quantitative estimate of drug-likeness (QED) is 0.160. The largest absolute Gasteiger partial charge is 0.775 e. The van der Waals surface area contributed by atoms with E-state index in [9.17, 15) is 14.4 Å². The molecule has 0 atom stereocenters. The molecule has 0 amide bonds. The minimum absolute atomic E-state index is 0.0496. The lowest BCUT2D eigenvalue weighted by atomic mass is 10.0. The van der Waals surface area contributed by atoms with Gasteiger partial charge in [0.25, 0.3) is 0 Å². The van der Waals surface area contributed by atoms with E-state index in [0.717, 1.165) is 12.8 Å². The SMILES string of the molecule is CCCCCCCCCCCCCCCCCCCCC[N+](C)(C)[Si](O)(O)O. The van der Waals surface area contributed by atoms with E-state index in [-0.39, 0.29) is 4.15 Å². The summed E-state index contributed by atoms with van der Waals surface area (Å²) < 4.78 is -0.0496. The first-order chi connectivity index (χ1) is 13.3. The Morgan fingerprint density at radius 2 is 0.714 bits per heavy atom. The number of quaternary nitrogens is 1. The Morgan fingerprint density at radius 3 is 0.964 bits per heavy atom. The Hall–Kier alpha value is 0.0569. The number of rotatable bonds is 21. The topological polar surface area (TPSA) is 60.7 Å². The van der Waals surface area contributed by atoms with E-state index in [1.807, 2.05) is 0 Å². The van der Waals surface area contributed by atoms with E-state index in [1.54, 1.807) is 14.1 Å². The van der Waals surface area contributed by atoms with Gasteiger partial charge >= 0.3 is 8.97 Å². The van der Waals surface area contributed by atoms with Crippen LogP contribution in [0.4, 0.5) is 0 Å². The summed E-state index contributed by atoms with van der Waals surface area (Å²) in [5.41, 5.74) is 0. The van der Waals surface area contributed by atoms with E-state index < -0.39 is 8.97 Å². The van der Waals surface area contributed by atoms with Crippen molar-refractivity contribution in [2.24, 2.45) is 0 Å². The van der Waals surface area contributed by atoms with Crippen LogP contribution in [-0.4, -0.2) is 48.1 Å². The number of nitrogens with zero attached hydrogens (tertiary/aromatic N) is 1. The van der Waals surface area contributed by atoms with Crippen molar-refractivity contribution in [2.75, 3.05) is 20.6 Å². The van der Waals surface area contributed by atoms with Gasteiger partial charge in [0.2, 0.25) is 0 Å². The van der Waals surface area contributed by atoms with Gasteiger partial charge in [0.05, 0.1) is 20.6 Å². The predicted octanol–water partition coefficient (Wildman–Crippen LogP) is 5.91. The minimum Gasteiger partial charge on any atom is -0.341 e. The lowest BCUT2D eigenvalue weighted by molar-refractivity contribution is -0.818. The second kappa shape index (κ2) is 17.9. The first kappa shape index (κ1) is 28.1. The molecule has 0 spiro atoms. The Labute approximate surface area is 177 Å². The molecule has 0 saturated carbocycles. The lowest BCUT2D eigenvalue weighted by Crippen LogP contribution is -2.65. The third-order valence-electron chi connectivity index (χ3n) is 6.13. The zero-order valence-corrected chi connectivity index (χ0v) is 20.4. The highest BCUT2D eigenvalue weighted by molar-refractivity contribution is 6.47. The van der Waals surface area contributed by atoms with Gasteiger partial charge in [-0.1, -0.05) is 116 Å². The van der Waals surface area contributed by atoms with Gasteiger partial charge in [-0.05, 0) is 12.8 Å². The molecule has 0 aliphatic rings. The van der Waals surface area contributed by atoms with Crippen molar-refractivity contribution in [3.63, 3.8) is 0 Å². The van der Waals surface area contributed by atoms with Gasteiger partial charge in [-0.15, -0.1) is 0 Å². The average Bonchev–Trinajstić information content (AvgIpc) is 2.62. The maximum atomic E-state index is 9.42. The third kappa shape index (κ3) is 17.0. The summed E-state index contributed by atoms with van der Waals surface area (Å²) in [5, 5.41) is 0. The summed E-state index contributed by atoms with van der Waals surface area (Å²) in [5.74, 6) is 0. The van der Waals surface area contributed by atoms with Crippen molar-refractivity contribution in [1.29, 1.82) is 0 Å². The van der Waals surface area contributed by atoms with E-state index in [2.05, 4.69) is 6.92 Å². The molecule has 0 saturated heterocycles. The molecular weight excluding hydrogens is 366 g/mol. The summed E-state index contributed by atoms with van der Waals surface area (Å²) in [6.45, 7) is 2.92. The fourth-order valence-electron chi connectivity index (χ4n) is 3.74. The first-order valence-electron chi connectivity index (χ1n) is 12.3. The van der Waals surface area contributed by atoms with E-state index in [4.69, 9.17) is 0 Å². The van der Waals surface area contributed by atoms with Crippen molar-refractivity contribution in [2.45, 2.75) is 129 Å². The van der Waals surface area contributed by atoms with E-state index in [1.165, 1.54) is 109 Å². The summed E-state index contributed by atoms with van der Waals surface area (Å²) in [7, 11) is -0.670. The zero-order chi connectivity index (χ0) is 21.1. The van der Waals surface area contributed by atoms with E-state index >= 15 is 0 Å². The molecule has 0 aromatic heterocycles. The monoisotopic (exact) mass is 418 g/mol. The molecule has 0 unspecified atom stereocenters. The fourth-order valence-corrected chi connectivity index (χ4v) is 4.19. The normalized spacial score (nSPS) is 12.6. The molecule has 5 heteroatoms. The molecule has 4 nitrogen and oxygen atoms in total. The Kier molecular flexibility index (Phi) is 17.9. The summed E-state index contributed by atoms with van der Waals surface area (Å²) in [6, 6.07) is 0. The molecule has 0 heterocycles. The molecule has 0 aromatic carbocycles. The van der Waals surface area contributed by atoms with Gasteiger partial charge in [0.15, 0.2) is 0 Å². The Balaban J connectivity index is 3.18. The van der Waals surface area contributed by atoms with Crippen LogP contribution >= 0.6 is 0 Å². The molecule has 0 aliphatic carbocycles. The van der Waals surface area contributed by atoms with Gasteiger partial charge in [-0.2, -0.15) is 0 Å². The van der Waals surface area contributed by atoms with Crippen molar-refractivity contribution in [1.82, 2.24) is 0 Å². The van der Waals surface area contributed by atoms with Crippen molar-refractivity contribution in [3.05, 3.63) is 0 Å². The predicted molar refractivity (Wildman–Crippen MR) is 123 cm³/mol. The van der Waals surface area contributed by atoms with Crippen molar-refractivity contribution in [3.8, 4) is 0 Å². The smallest absolute Gasteiger partial charge is 0.341 e. The third-order valence-corrected chi connectivity index (χ3v) is 7.98. The molecule has 0 bridgehead atoms. The second-order valence-electron chi connectivity index (χ2n) is 9.37. The highest BCUT2D eigenvalue weighted by Crippen LogP contribution is 2.15. The van der Waals surface area contributed by atoms with Crippen LogP contribution in [0, 0.1) is 0 Å². The van der Waals surface area contributed by atoms with Crippen LogP contribution in [0.5, 0.6) is 0 Å². The fraction of sp³-hybridized carbons (Fsp3) is 1.00. The molecule has 3 N–H and O–H groups in total. The van der Waals surface area contributed by atoms with E-state index in [0.29, 0.717) is 6.54 Å². The van der Waals surface area contributed by atoms with Crippen LogP contribution < -0.4 is 0 Å². The number of hydrogen-bond acceptors (Lipinski definition) is 3. The summed E-state index contributed by atoms with van der Waals surface area (Å²) in [4.78, 5) is 28.3.